The Morgan fingerprint density at radius 2 is 1.92 bits per heavy atom. The number of hydrogen-bond acceptors (Lipinski definition) is 4. The molecule has 0 radical (unpaired) electrons. The van der Waals surface area contributed by atoms with Gasteiger partial charge >= 0.3 is 6.09 Å². The number of benzene rings is 2. The van der Waals surface area contributed by atoms with Gasteiger partial charge in [-0.3, -0.25) is 14.5 Å². The minimum atomic E-state index is -0.844. The Morgan fingerprint density at radius 3 is 2.58 bits per heavy atom. The first-order chi connectivity index (χ1) is 12.5. The Kier molecular flexibility index (Phi) is 5.66. The third-order valence-corrected chi connectivity index (χ3v) is 4.49. The van der Waals surface area contributed by atoms with Crippen molar-refractivity contribution in [2.24, 2.45) is 0 Å². The van der Waals surface area contributed by atoms with E-state index in [1.165, 1.54) is 12.0 Å². The van der Waals surface area contributed by atoms with Crippen molar-refractivity contribution in [1.29, 1.82) is 0 Å². The number of carbonyl (C=O) groups is 2. The highest BCUT2D eigenvalue weighted by atomic mass is 35.5. The van der Waals surface area contributed by atoms with Gasteiger partial charge in [-0.2, -0.15) is 5.06 Å². The molecule has 2 aromatic rings. The van der Waals surface area contributed by atoms with E-state index in [1.807, 2.05) is 30.3 Å². The van der Waals surface area contributed by atoms with Crippen LogP contribution in [0.4, 0.5) is 4.79 Å². The van der Waals surface area contributed by atoms with Gasteiger partial charge in [0.1, 0.15) is 13.2 Å². The van der Waals surface area contributed by atoms with Gasteiger partial charge in [0.2, 0.25) is 0 Å². The van der Waals surface area contributed by atoms with Crippen LogP contribution in [0.15, 0.2) is 48.5 Å². The minimum Gasteiger partial charge on any atom is -0.453 e. The molecule has 1 aliphatic heterocycles. The lowest BCUT2D eigenvalue weighted by atomic mass is 10.1. The van der Waals surface area contributed by atoms with E-state index in [0.717, 1.165) is 10.6 Å². The van der Waals surface area contributed by atoms with Crippen molar-refractivity contribution >= 4 is 35.2 Å². The van der Waals surface area contributed by atoms with Crippen LogP contribution in [-0.4, -0.2) is 35.6 Å². The summed E-state index contributed by atoms with van der Waals surface area (Å²) in [5, 5.41) is 1.92. The number of nitrogens with zero attached hydrogens (tertiary/aromatic N) is 2. The molecule has 0 unspecified atom stereocenters. The summed E-state index contributed by atoms with van der Waals surface area (Å²) in [5.74, 6) is -0.373. The second-order valence-electron chi connectivity index (χ2n) is 5.62. The van der Waals surface area contributed by atoms with Crippen LogP contribution in [-0.2, 0) is 21.0 Å². The highest BCUT2D eigenvalue weighted by Crippen LogP contribution is 2.36. The van der Waals surface area contributed by atoms with E-state index in [2.05, 4.69) is 0 Å². The minimum absolute atomic E-state index is 0.170. The van der Waals surface area contributed by atoms with Crippen molar-refractivity contribution in [2.45, 2.75) is 12.8 Å². The van der Waals surface area contributed by atoms with E-state index in [1.54, 1.807) is 18.2 Å². The molecule has 3 rings (SSSR count). The van der Waals surface area contributed by atoms with Gasteiger partial charge in [0, 0.05) is 15.6 Å². The van der Waals surface area contributed by atoms with E-state index in [4.69, 9.17) is 32.8 Å². The normalized spacial score (nSPS) is 16.9. The molecule has 1 heterocycles. The smallest absolute Gasteiger partial charge is 0.411 e. The maximum Gasteiger partial charge on any atom is 0.411 e. The Hall–Kier alpha value is -2.28. The first-order valence-electron chi connectivity index (χ1n) is 7.79. The second kappa shape index (κ2) is 7.95. The molecular weight excluding hydrogens is 379 g/mol. The predicted octanol–water partition coefficient (Wildman–Crippen LogP) is 4.03. The molecule has 1 saturated heterocycles. The fraction of sp³-hybridized carbons (Fsp3) is 0.222. The zero-order chi connectivity index (χ0) is 18.7. The fourth-order valence-corrected chi connectivity index (χ4v) is 3.22. The molecule has 1 fully saturated rings. The Balaban J connectivity index is 1.92. The van der Waals surface area contributed by atoms with Crippen LogP contribution in [0.1, 0.15) is 17.3 Å². The first kappa shape index (κ1) is 18.5. The molecule has 0 aromatic heterocycles. The van der Waals surface area contributed by atoms with Crippen molar-refractivity contribution in [3.8, 4) is 0 Å². The molecule has 8 heteroatoms. The monoisotopic (exact) mass is 394 g/mol. The van der Waals surface area contributed by atoms with Crippen LogP contribution >= 0.6 is 23.2 Å². The maximum absolute atomic E-state index is 12.5. The van der Waals surface area contributed by atoms with Gasteiger partial charge in [0.25, 0.3) is 5.91 Å². The van der Waals surface area contributed by atoms with Crippen LogP contribution in [0, 0.1) is 0 Å². The summed E-state index contributed by atoms with van der Waals surface area (Å²) >= 11 is 12.3. The second-order valence-corrected chi connectivity index (χ2v) is 6.46. The molecule has 2 aromatic carbocycles. The van der Waals surface area contributed by atoms with Crippen LogP contribution in [0.5, 0.6) is 0 Å². The van der Waals surface area contributed by atoms with Crippen molar-refractivity contribution < 1.29 is 19.2 Å². The summed E-state index contributed by atoms with van der Waals surface area (Å²) < 4.78 is 4.79. The van der Waals surface area contributed by atoms with Gasteiger partial charge in [0.05, 0.1) is 7.11 Å². The maximum atomic E-state index is 12.5. The van der Waals surface area contributed by atoms with Crippen molar-refractivity contribution in [1.82, 2.24) is 9.96 Å². The SMILES string of the molecule is COC(=O)N1CC(=O)N(OCc2ccccc2)[C@@H]1c1ccc(Cl)cc1Cl. The van der Waals surface area contributed by atoms with Gasteiger partial charge < -0.3 is 4.74 Å². The molecule has 0 spiro atoms. The third kappa shape index (κ3) is 3.77. The van der Waals surface area contributed by atoms with Gasteiger partial charge in [-0.15, -0.1) is 0 Å². The van der Waals surface area contributed by atoms with Gasteiger partial charge in [-0.05, 0) is 17.7 Å². The van der Waals surface area contributed by atoms with E-state index in [0.29, 0.717) is 15.6 Å². The van der Waals surface area contributed by atoms with Gasteiger partial charge in [0.15, 0.2) is 6.17 Å². The average Bonchev–Trinajstić information content (AvgIpc) is 2.96. The van der Waals surface area contributed by atoms with Gasteiger partial charge in [-0.25, -0.2) is 4.79 Å². The van der Waals surface area contributed by atoms with Crippen molar-refractivity contribution in [3.63, 3.8) is 0 Å². The zero-order valence-corrected chi connectivity index (χ0v) is 15.4. The summed E-state index contributed by atoms with van der Waals surface area (Å²) in [4.78, 5) is 31.6. The van der Waals surface area contributed by atoms with Crippen LogP contribution in [0.25, 0.3) is 0 Å². The number of carbonyl (C=O) groups excluding carboxylic acids is 2. The van der Waals surface area contributed by atoms with E-state index >= 15 is 0 Å². The lowest BCUT2D eigenvalue weighted by molar-refractivity contribution is -0.202. The summed E-state index contributed by atoms with van der Waals surface area (Å²) in [6, 6.07) is 14.2. The number of halogens is 2. The Labute approximate surface area is 160 Å². The van der Waals surface area contributed by atoms with Crippen molar-refractivity contribution in [3.05, 3.63) is 69.7 Å². The summed E-state index contributed by atoms with van der Waals surface area (Å²) in [5.41, 5.74) is 1.40. The molecule has 0 bridgehead atoms. The molecule has 2 amide bonds. The molecule has 26 heavy (non-hydrogen) atoms. The lowest BCUT2D eigenvalue weighted by Gasteiger charge is -2.29. The van der Waals surface area contributed by atoms with E-state index < -0.39 is 12.3 Å². The number of rotatable bonds is 4. The topological polar surface area (TPSA) is 59.1 Å². The Bertz CT molecular complexity index is 816. The first-order valence-corrected chi connectivity index (χ1v) is 8.55. The summed E-state index contributed by atoms with van der Waals surface area (Å²) in [7, 11) is 1.25. The van der Waals surface area contributed by atoms with Crippen LogP contribution in [0.2, 0.25) is 10.0 Å². The summed E-state index contributed by atoms with van der Waals surface area (Å²) in [6.07, 6.45) is -1.50. The standard InChI is InChI=1S/C18H16Cl2N2O4/c1-25-18(24)21-10-16(23)22(26-11-12-5-3-2-4-6-12)17(21)14-8-7-13(19)9-15(14)20/h2-9,17H,10-11H2,1H3/t17-/m1/s1. The molecule has 0 N–H and O–H groups in total. The number of hydrogen-bond donors (Lipinski definition) is 0. The third-order valence-electron chi connectivity index (χ3n) is 3.93. The number of hydroxylamine groups is 2. The van der Waals surface area contributed by atoms with Crippen LogP contribution in [0.3, 0.4) is 0 Å². The summed E-state index contributed by atoms with van der Waals surface area (Å²) in [6.45, 7) is -0.00557. The van der Waals surface area contributed by atoms with Crippen LogP contribution < -0.4 is 0 Å². The fourth-order valence-electron chi connectivity index (χ4n) is 2.71. The highest BCUT2D eigenvalue weighted by molar-refractivity contribution is 6.35. The lowest BCUT2D eigenvalue weighted by Crippen LogP contribution is -2.35. The van der Waals surface area contributed by atoms with E-state index in [-0.39, 0.29) is 19.1 Å². The van der Waals surface area contributed by atoms with Crippen molar-refractivity contribution in [2.75, 3.05) is 13.7 Å². The molecule has 6 nitrogen and oxygen atoms in total. The number of methoxy groups -OCH3 is 1. The molecule has 0 saturated carbocycles. The molecular formula is C18H16Cl2N2O4. The van der Waals surface area contributed by atoms with Gasteiger partial charge in [-0.1, -0.05) is 59.6 Å². The Morgan fingerprint density at radius 1 is 1.19 bits per heavy atom. The number of amides is 2. The quantitative estimate of drug-likeness (QED) is 0.784. The van der Waals surface area contributed by atoms with E-state index in [9.17, 15) is 9.59 Å². The largest absolute Gasteiger partial charge is 0.453 e. The number of ether oxygens (including phenoxy) is 1. The highest BCUT2D eigenvalue weighted by Gasteiger charge is 2.44. The molecule has 0 aliphatic carbocycles. The zero-order valence-electron chi connectivity index (χ0n) is 13.9. The molecule has 136 valence electrons. The molecule has 1 aliphatic rings. The predicted molar refractivity (Wildman–Crippen MR) is 96.4 cm³/mol. The average molecular weight is 395 g/mol. The molecule has 1 atom stereocenters.